The highest BCUT2D eigenvalue weighted by Crippen LogP contribution is 2.34. The molecular weight excluding hydrogens is 504 g/mol. The maximum Gasteiger partial charge on any atom is 0.363 e. The predicted octanol–water partition coefficient (Wildman–Crippen LogP) is 5.60. The molecule has 1 aliphatic heterocycles. The lowest BCUT2D eigenvalue weighted by molar-refractivity contribution is -0.385. The van der Waals surface area contributed by atoms with Crippen molar-refractivity contribution in [3.63, 3.8) is 0 Å². The number of para-hydroxylation sites is 1. The Hall–Kier alpha value is -3.98. The lowest BCUT2D eigenvalue weighted by atomic mass is 10.1. The van der Waals surface area contributed by atoms with Crippen LogP contribution in [0.1, 0.15) is 22.3 Å². The fraction of sp³-hybridized carbons (Fsp3) is 0.120. The fourth-order valence-corrected chi connectivity index (χ4v) is 3.69. The van der Waals surface area contributed by atoms with E-state index in [-0.39, 0.29) is 23.9 Å². The second-order valence-electron chi connectivity index (χ2n) is 7.34. The van der Waals surface area contributed by atoms with Crippen LogP contribution in [-0.2, 0) is 16.1 Å². The number of carbonyl (C=O) groups is 1. The summed E-state index contributed by atoms with van der Waals surface area (Å²) in [5.41, 5.74) is 2.23. The highest BCUT2D eigenvalue weighted by molar-refractivity contribution is 9.10. The largest absolute Gasteiger partial charge is 0.493 e. The number of nitro groups is 1. The maximum atomic E-state index is 12.6. The van der Waals surface area contributed by atoms with Crippen LogP contribution in [-0.4, -0.2) is 23.9 Å². The van der Waals surface area contributed by atoms with Gasteiger partial charge in [-0.2, -0.15) is 0 Å². The number of halogens is 1. The third kappa shape index (κ3) is 4.84. The molecule has 0 spiro atoms. The third-order valence-corrected chi connectivity index (χ3v) is 5.70. The molecule has 0 aromatic heterocycles. The molecule has 0 N–H and O–H groups in total. The van der Waals surface area contributed by atoms with Gasteiger partial charge in [-0.1, -0.05) is 46.3 Å². The third-order valence-electron chi connectivity index (χ3n) is 5.17. The number of aliphatic imine (C=N–C) groups is 1. The van der Waals surface area contributed by atoms with Crippen LogP contribution < -0.4 is 9.47 Å². The van der Waals surface area contributed by atoms with Crippen molar-refractivity contribution in [2.75, 3.05) is 7.11 Å². The van der Waals surface area contributed by atoms with Gasteiger partial charge in [-0.15, -0.1) is 0 Å². The van der Waals surface area contributed by atoms with Crippen LogP contribution in [0.15, 0.2) is 75.8 Å². The van der Waals surface area contributed by atoms with E-state index < -0.39 is 10.9 Å². The normalized spacial score (nSPS) is 14.0. The minimum absolute atomic E-state index is 0.0117. The maximum absolute atomic E-state index is 12.6. The van der Waals surface area contributed by atoms with Crippen molar-refractivity contribution in [1.29, 1.82) is 0 Å². The molecule has 8 nitrogen and oxygen atoms in total. The summed E-state index contributed by atoms with van der Waals surface area (Å²) in [7, 11) is 1.53. The number of carbonyl (C=O) groups excluding carboxylic acids is 1. The zero-order chi connectivity index (χ0) is 24.2. The molecule has 0 radical (unpaired) electrons. The van der Waals surface area contributed by atoms with Gasteiger partial charge in [0.15, 0.2) is 17.2 Å². The molecule has 172 valence electrons. The van der Waals surface area contributed by atoms with E-state index in [9.17, 15) is 14.9 Å². The number of hydrogen-bond donors (Lipinski definition) is 0. The first-order valence-corrected chi connectivity index (χ1v) is 11.0. The first-order valence-electron chi connectivity index (χ1n) is 10.2. The highest BCUT2D eigenvalue weighted by atomic mass is 79.9. The Balaban J connectivity index is 1.68. The highest BCUT2D eigenvalue weighted by Gasteiger charge is 2.28. The van der Waals surface area contributed by atoms with Gasteiger partial charge in [0.25, 0.3) is 5.69 Å². The number of rotatable bonds is 7. The number of nitrogens with zero attached hydrogens (tertiary/aromatic N) is 2. The summed E-state index contributed by atoms with van der Waals surface area (Å²) in [6.45, 7) is 1.87. The van der Waals surface area contributed by atoms with Crippen LogP contribution in [0, 0.1) is 17.0 Å². The molecule has 1 aliphatic rings. The Morgan fingerprint density at radius 2 is 1.85 bits per heavy atom. The molecule has 3 aromatic rings. The van der Waals surface area contributed by atoms with Crippen molar-refractivity contribution in [2.24, 2.45) is 4.99 Å². The van der Waals surface area contributed by atoms with E-state index in [4.69, 9.17) is 14.2 Å². The average Bonchev–Trinajstić information content (AvgIpc) is 3.18. The molecule has 0 fully saturated rings. The topological polar surface area (TPSA) is 100 Å². The molecule has 0 atom stereocenters. The average molecular weight is 523 g/mol. The predicted molar refractivity (Wildman–Crippen MR) is 130 cm³/mol. The van der Waals surface area contributed by atoms with E-state index in [2.05, 4.69) is 20.9 Å². The Labute approximate surface area is 203 Å². The van der Waals surface area contributed by atoms with Crippen LogP contribution >= 0.6 is 15.9 Å². The van der Waals surface area contributed by atoms with E-state index in [0.717, 1.165) is 10.0 Å². The lowest BCUT2D eigenvalue weighted by Crippen LogP contribution is -2.08. The van der Waals surface area contributed by atoms with Gasteiger partial charge in [0.1, 0.15) is 6.61 Å². The van der Waals surface area contributed by atoms with Crippen LogP contribution in [0.4, 0.5) is 5.69 Å². The minimum Gasteiger partial charge on any atom is -0.493 e. The van der Waals surface area contributed by atoms with Crippen molar-refractivity contribution in [3.05, 3.63) is 103 Å². The van der Waals surface area contributed by atoms with Gasteiger partial charge in [0, 0.05) is 27.2 Å². The Morgan fingerprint density at radius 3 is 2.56 bits per heavy atom. The zero-order valence-corrected chi connectivity index (χ0v) is 19.9. The van der Waals surface area contributed by atoms with Crippen molar-refractivity contribution >= 4 is 39.6 Å². The number of nitro benzene ring substituents is 1. The second kappa shape index (κ2) is 9.88. The molecule has 0 amide bonds. The van der Waals surface area contributed by atoms with E-state index >= 15 is 0 Å². The first kappa shape index (κ1) is 23.2. The minimum atomic E-state index is -0.664. The van der Waals surface area contributed by atoms with Gasteiger partial charge < -0.3 is 14.2 Å². The SMILES string of the molecule is COc1cccc(/C=C2\N=C(c3cccc([N+](=O)[O-])c3C)OC2=O)c1OCc1ccc(Br)cc1. The molecule has 0 aliphatic carbocycles. The Kier molecular flexibility index (Phi) is 6.74. The standard InChI is InChI=1S/C25H19BrN2O6/c1-15-19(6-4-7-21(15)28(30)31)24-27-20(25(29)34-24)13-17-5-3-8-22(32-2)23(17)33-14-16-9-11-18(26)12-10-16/h3-13H,14H2,1-2H3/b20-13-. The van der Waals surface area contributed by atoms with Crippen molar-refractivity contribution in [1.82, 2.24) is 0 Å². The van der Waals surface area contributed by atoms with Gasteiger partial charge >= 0.3 is 5.97 Å². The zero-order valence-electron chi connectivity index (χ0n) is 18.3. The molecule has 34 heavy (non-hydrogen) atoms. The first-order chi connectivity index (χ1) is 16.4. The monoisotopic (exact) mass is 522 g/mol. The van der Waals surface area contributed by atoms with Crippen LogP contribution in [0.5, 0.6) is 11.5 Å². The number of hydrogen-bond acceptors (Lipinski definition) is 7. The summed E-state index contributed by atoms with van der Waals surface area (Å²) >= 11 is 3.41. The van der Waals surface area contributed by atoms with Gasteiger partial charge in [-0.25, -0.2) is 9.79 Å². The molecule has 0 saturated heterocycles. The summed E-state index contributed by atoms with van der Waals surface area (Å²) in [6, 6.07) is 17.5. The lowest BCUT2D eigenvalue weighted by Gasteiger charge is -2.13. The van der Waals surface area contributed by atoms with E-state index in [1.807, 2.05) is 24.3 Å². The van der Waals surface area contributed by atoms with Gasteiger partial charge in [-0.3, -0.25) is 10.1 Å². The Bertz CT molecular complexity index is 1330. The smallest absolute Gasteiger partial charge is 0.363 e. The van der Waals surface area contributed by atoms with E-state index in [1.165, 1.54) is 19.2 Å². The molecule has 4 rings (SSSR count). The van der Waals surface area contributed by atoms with Crippen molar-refractivity contribution in [2.45, 2.75) is 13.5 Å². The second-order valence-corrected chi connectivity index (χ2v) is 8.25. The van der Waals surface area contributed by atoms with Gasteiger partial charge in [0.2, 0.25) is 5.90 Å². The summed E-state index contributed by atoms with van der Waals surface area (Å²) in [4.78, 5) is 27.6. The summed E-state index contributed by atoms with van der Waals surface area (Å²) in [6.07, 6.45) is 1.54. The van der Waals surface area contributed by atoms with Crippen molar-refractivity contribution < 1.29 is 23.9 Å². The molecule has 1 heterocycles. The molecular formula is C25H19BrN2O6. The van der Waals surface area contributed by atoms with E-state index in [0.29, 0.717) is 28.2 Å². The van der Waals surface area contributed by atoms with Crippen LogP contribution in [0.25, 0.3) is 6.08 Å². The number of esters is 1. The molecule has 0 bridgehead atoms. The quantitative estimate of drug-likeness (QED) is 0.173. The summed E-state index contributed by atoms with van der Waals surface area (Å²) in [5, 5.41) is 11.3. The van der Waals surface area contributed by atoms with Gasteiger partial charge in [0.05, 0.1) is 12.0 Å². The number of cyclic esters (lactones) is 1. The van der Waals surface area contributed by atoms with Crippen molar-refractivity contribution in [3.8, 4) is 11.5 Å². The van der Waals surface area contributed by atoms with E-state index in [1.54, 1.807) is 37.3 Å². The Morgan fingerprint density at radius 1 is 1.12 bits per heavy atom. The van der Waals surface area contributed by atoms with Crippen LogP contribution in [0.3, 0.4) is 0 Å². The van der Waals surface area contributed by atoms with Gasteiger partial charge in [-0.05, 0) is 42.8 Å². The summed E-state index contributed by atoms with van der Waals surface area (Å²) < 4.78 is 17.8. The number of methoxy groups -OCH3 is 1. The number of benzene rings is 3. The number of ether oxygens (including phenoxy) is 3. The van der Waals surface area contributed by atoms with Crippen LogP contribution in [0.2, 0.25) is 0 Å². The molecule has 3 aromatic carbocycles. The molecule has 0 unspecified atom stereocenters. The molecule has 0 saturated carbocycles. The summed E-state index contributed by atoms with van der Waals surface area (Å²) in [5.74, 6) is 0.292. The fourth-order valence-electron chi connectivity index (χ4n) is 3.42. The molecule has 9 heteroatoms.